The van der Waals surface area contributed by atoms with Crippen LogP contribution in [-0.4, -0.2) is 62.9 Å². The number of hydrogen-bond donors (Lipinski definition) is 3. The lowest BCUT2D eigenvalue weighted by molar-refractivity contribution is -0.131. The molecule has 9 heteroatoms. The number of Topliss-reactive ketones (excluding diaryl/α,β-unsaturated/α-hetero) is 5. The van der Waals surface area contributed by atoms with Crippen molar-refractivity contribution >= 4 is 28.9 Å². The maximum Gasteiger partial charge on any atom is 0.167 e. The third-order valence-electron chi connectivity index (χ3n) is 8.56. The number of aliphatic hydroxyl groups is 2. The molecule has 0 amide bonds. The minimum atomic E-state index is -0.794. The second kappa shape index (κ2) is 16.5. The molecule has 0 saturated carbocycles. The van der Waals surface area contributed by atoms with Gasteiger partial charge in [-0.3, -0.25) is 24.0 Å². The van der Waals surface area contributed by atoms with Crippen molar-refractivity contribution < 1.29 is 47.6 Å². The molecule has 9 nitrogen and oxygen atoms in total. The molecular formula is C35H50O9. The Labute approximate surface area is 262 Å². The van der Waals surface area contributed by atoms with Crippen LogP contribution in [0, 0.1) is 17.8 Å². The average Bonchev–Trinajstić information content (AvgIpc) is 2.92. The predicted octanol–water partition coefficient (Wildman–Crippen LogP) is 4.42. The van der Waals surface area contributed by atoms with Gasteiger partial charge in [0, 0.05) is 40.2 Å². The lowest BCUT2D eigenvalue weighted by Gasteiger charge is -2.32. The molecule has 3 unspecified atom stereocenters. The van der Waals surface area contributed by atoms with E-state index in [0.29, 0.717) is 29.5 Å². The van der Waals surface area contributed by atoms with Gasteiger partial charge in [0.1, 0.15) is 23.1 Å². The summed E-state index contributed by atoms with van der Waals surface area (Å²) in [6, 6.07) is 8.83. The number of aryl methyl sites for hydroxylation is 1. The first kappa shape index (κ1) is 36.7. The van der Waals surface area contributed by atoms with Crippen molar-refractivity contribution in [2.24, 2.45) is 17.8 Å². The van der Waals surface area contributed by atoms with Gasteiger partial charge < -0.3 is 20.8 Å². The van der Waals surface area contributed by atoms with Crippen LogP contribution in [0.25, 0.3) is 0 Å². The molecule has 0 aliphatic heterocycles. The van der Waals surface area contributed by atoms with Gasteiger partial charge in [0.15, 0.2) is 11.6 Å². The average molecular weight is 615 g/mol. The molecule has 0 saturated heterocycles. The van der Waals surface area contributed by atoms with Gasteiger partial charge in [-0.05, 0) is 79.5 Å². The number of fused-ring (bicyclic) bond motifs is 1. The van der Waals surface area contributed by atoms with Gasteiger partial charge in [-0.15, -0.1) is 0 Å². The maximum atomic E-state index is 13.5. The van der Waals surface area contributed by atoms with Crippen molar-refractivity contribution in [1.82, 2.24) is 0 Å². The molecule has 0 fully saturated rings. The minimum absolute atomic E-state index is 0. The molecule has 3 rings (SSSR count). The van der Waals surface area contributed by atoms with Crippen molar-refractivity contribution in [3.05, 3.63) is 63.7 Å². The summed E-state index contributed by atoms with van der Waals surface area (Å²) in [7, 11) is 0. The number of phenols is 1. The van der Waals surface area contributed by atoms with Crippen LogP contribution in [0.2, 0.25) is 0 Å². The number of carbonyl (C=O) groups excluding carboxylic acids is 5. The first-order chi connectivity index (χ1) is 20.4. The molecule has 1 aliphatic rings. The summed E-state index contributed by atoms with van der Waals surface area (Å²) in [5.41, 5.74) is 3.95. The summed E-state index contributed by atoms with van der Waals surface area (Å²) in [5, 5.41) is 30.9. The molecule has 2 aromatic rings. The van der Waals surface area contributed by atoms with Gasteiger partial charge in [0.25, 0.3) is 0 Å². The van der Waals surface area contributed by atoms with Gasteiger partial charge >= 0.3 is 0 Å². The Bertz CT molecular complexity index is 1370. The Hall–Kier alpha value is -3.53. The Kier molecular flexibility index (Phi) is 13.8. The molecule has 2 aromatic carbocycles. The van der Waals surface area contributed by atoms with Gasteiger partial charge in [-0.25, -0.2) is 0 Å². The molecule has 0 bridgehead atoms. The Balaban J connectivity index is 0.00000675. The Morgan fingerprint density at radius 3 is 2.23 bits per heavy atom. The summed E-state index contributed by atoms with van der Waals surface area (Å²) >= 11 is 0. The van der Waals surface area contributed by atoms with E-state index < -0.39 is 12.5 Å². The molecule has 1 aliphatic carbocycles. The van der Waals surface area contributed by atoms with Crippen molar-refractivity contribution in [1.29, 1.82) is 0 Å². The molecule has 44 heavy (non-hydrogen) atoms. The summed E-state index contributed by atoms with van der Waals surface area (Å²) in [6.45, 7) is 6.22. The third-order valence-corrected chi connectivity index (χ3v) is 8.56. The number of rotatable bonds is 16. The fourth-order valence-corrected chi connectivity index (χ4v) is 6.32. The first-order valence-electron chi connectivity index (χ1n) is 15.1. The minimum Gasteiger partial charge on any atom is -0.507 e. The lowest BCUT2D eigenvalue weighted by atomic mass is 9.71. The SMILES string of the molecule is CC(=O)CC(=O)C(CO)C(CCO)CC1CC(=O)c2c(O)c(CCC(=O)Cc3ccc(C(C)=O)cc3)cc(C(C)C)c2C1.O.[HH].[HH]. The van der Waals surface area contributed by atoms with Crippen LogP contribution in [0.1, 0.15) is 112 Å². The van der Waals surface area contributed by atoms with E-state index in [0.717, 1.165) is 16.7 Å². The van der Waals surface area contributed by atoms with E-state index in [9.17, 15) is 39.3 Å². The topological polar surface area (TPSA) is 178 Å². The predicted molar refractivity (Wildman–Crippen MR) is 170 cm³/mol. The van der Waals surface area contributed by atoms with E-state index in [1.807, 2.05) is 19.9 Å². The van der Waals surface area contributed by atoms with E-state index in [-0.39, 0.29) is 106 Å². The van der Waals surface area contributed by atoms with Crippen LogP contribution in [0.3, 0.4) is 0 Å². The molecular weight excluding hydrogens is 564 g/mol. The van der Waals surface area contributed by atoms with E-state index in [1.165, 1.54) is 13.8 Å². The highest BCUT2D eigenvalue weighted by Gasteiger charge is 2.36. The van der Waals surface area contributed by atoms with Crippen LogP contribution in [0.4, 0.5) is 0 Å². The smallest absolute Gasteiger partial charge is 0.167 e. The normalized spacial score (nSPS) is 15.7. The zero-order valence-electron chi connectivity index (χ0n) is 26.2. The molecule has 0 radical (unpaired) electrons. The summed E-state index contributed by atoms with van der Waals surface area (Å²) in [6.07, 6.45) is 1.74. The van der Waals surface area contributed by atoms with Crippen LogP contribution in [0.15, 0.2) is 30.3 Å². The second-order valence-electron chi connectivity index (χ2n) is 12.3. The van der Waals surface area contributed by atoms with Crippen molar-refractivity contribution in [2.45, 2.75) is 85.0 Å². The van der Waals surface area contributed by atoms with Gasteiger partial charge in [0.2, 0.25) is 0 Å². The van der Waals surface area contributed by atoms with Crippen LogP contribution in [0.5, 0.6) is 5.75 Å². The van der Waals surface area contributed by atoms with Gasteiger partial charge in [0.05, 0.1) is 18.6 Å². The third kappa shape index (κ3) is 9.24. The van der Waals surface area contributed by atoms with E-state index in [2.05, 4.69) is 0 Å². The molecule has 5 N–H and O–H groups in total. The monoisotopic (exact) mass is 614 g/mol. The number of carbonyl (C=O) groups is 5. The number of aliphatic hydroxyl groups excluding tert-OH is 2. The molecule has 0 spiro atoms. The second-order valence-corrected chi connectivity index (χ2v) is 12.3. The highest BCUT2D eigenvalue weighted by atomic mass is 16.3. The largest absolute Gasteiger partial charge is 0.507 e. The molecule has 244 valence electrons. The molecule has 0 aromatic heterocycles. The zero-order valence-corrected chi connectivity index (χ0v) is 26.2. The quantitative estimate of drug-likeness (QED) is 0.184. The van der Waals surface area contributed by atoms with Crippen molar-refractivity contribution in [3.8, 4) is 5.75 Å². The first-order valence-corrected chi connectivity index (χ1v) is 15.1. The highest BCUT2D eigenvalue weighted by Crippen LogP contribution is 2.42. The van der Waals surface area contributed by atoms with Gasteiger partial charge in [-0.2, -0.15) is 0 Å². The summed E-state index contributed by atoms with van der Waals surface area (Å²) in [5.74, 6) is -2.28. The zero-order chi connectivity index (χ0) is 31.8. The fourth-order valence-electron chi connectivity index (χ4n) is 6.32. The Morgan fingerprint density at radius 1 is 1.02 bits per heavy atom. The standard InChI is InChI=1S/C35H44O8.H2O.2H2/c1-20(2)29-18-27(9-10-28(40)15-23-5-7-25(8-6-23)22(4)39)35(43)34-30(29)16-24(17-33(34)42)14-26(11-12-36)31(19-37)32(41)13-21(3)38;;;/h5-8,18,20,24,26,31,36-37,43H,9-17,19H2,1-4H3;1H2;2*1H. The van der Waals surface area contributed by atoms with Crippen molar-refractivity contribution in [3.63, 3.8) is 0 Å². The van der Waals surface area contributed by atoms with E-state index in [4.69, 9.17) is 0 Å². The summed E-state index contributed by atoms with van der Waals surface area (Å²) < 4.78 is 0. The van der Waals surface area contributed by atoms with E-state index >= 15 is 0 Å². The maximum absolute atomic E-state index is 13.5. The molecule has 3 atom stereocenters. The summed E-state index contributed by atoms with van der Waals surface area (Å²) in [4.78, 5) is 62.0. The number of benzene rings is 2. The number of hydrogen-bond acceptors (Lipinski definition) is 8. The van der Waals surface area contributed by atoms with Crippen molar-refractivity contribution in [2.75, 3.05) is 13.2 Å². The fraction of sp³-hybridized carbons (Fsp3) is 0.514. The number of phenolic OH excluding ortho intramolecular Hbond substituents is 1. The van der Waals surface area contributed by atoms with Crippen LogP contribution in [-0.2, 0) is 33.6 Å². The van der Waals surface area contributed by atoms with Crippen LogP contribution < -0.4 is 0 Å². The van der Waals surface area contributed by atoms with E-state index in [1.54, 1.807) is 24.3 Å². The lowest BCUT2D eigenvalue weighted by Crippen LogP contribution is -2.32. The highest BCUT2D eigenvalue weighted by molar-refractivity contribution is 6.02. The number of ketones is 5. The molecule has 0 heterocycles. The van der Waals surface area contributed by atoms with Gasteiger partial charge in [-0.1, -0.05) is 44.2 Å². The Morgan fingerprint density at radius 2 is 1.68 bits per heavy atom. The van der Waals surface area contributed by atoms with Crippen LogP contribution >= 0.6 is 0 Å². The number of aromatic hydroxyl groups is 1.